The molecular formula is C52H57N7O6. The van der Waals surface area contributed by atoms with Gasteiger partial charge in [-0.3, -0.25) is 19.6 Å². The fourth-order valence-corrected chi connectivity index (χ4v) is 9.40. The zero-order valence-electron chi connectivity index (χ0n) is 37.1. The van der Waals surface area contributed by atoms with Crippen LogP contribution in [0.2, 0.25) is 0 Å². The number of ether oxygens (including phenoxy) is 4. The van der Waals surface area contributed by atoms with Gasteiger partial charge in [-0.25, -0.2) is 0 Å². The molecule has 0 spiro atoms. The summed E-state index contributed by atoms with van der Waals surface area (Å²) in [5.41, 5.74) is 14.3. The lowest BCUT2D eigenvalue weighted by atomic mass is 10.0. The van der Waals surface area contributed by atoms with Gasteiger partial charge in [0.25, 0.3) is 11.8 Å². The Morgan fingerprint density at radius 1 is 0.538 bits per heavy atom. The average molecular weight is 876 g/mol. The number of hydrogen-bond acceptors (Lipinski definition) is 11. The van der Waals surface area contributed by atoms with Gasteiger partial charge in [0, 0.05) is 93.8 Å². The Morgan fingerprint density at radius 2 is 0.969 bits per heavy atom. The Labute approximate surface area is 380 Å². The van der Waals surface area contributed by atoms with Gasteiger partial charge in [-0.2, -0.15) is 0 Å². The first-order chi connectivity index (χ1) is 31.8. The molecule has 4 aromatic carbocycles. The number of nitrogen functional groups attached to an aromatic ring is 1. The van der Waals surface area contributed by atoms with Crippen LogP contribution in [-0.2, 0) is 0 Å². The first-order valence-corrected chi connectivity index (χ1v) is 23.3. The molecule has 0 bridgehead atoms. The summed E-state index contributed by atoms with van der Waals surface area (Å²) in [6, 6.07) is 23.3. The molecule has 0 aromatic heterocycles. The van der Waals surface area contributed by atoms with Gasteiger partial charge in [0.05, 0.1) is 61.0 Å². The molecule has 1 saturated heterocycles. The van der Waals surface area contributed by atoms with Crippen LogP contribution in [0.4, 0.5) is 22.7 Å². The van der Waals surface area contributed by atoms with Crippen molar-refractivity contribution in [2.45, 2.75) is 69.9 Å². The van der Waals surface area contributed by atoms with E-state index in [1.54, 1.807) is 11.0 Å². The molecule has 2 N–H and O–H groups in total. The van der Waals surface area contributed by atoms with Gasteiger partial charge < -0.3 is 44.3 Å². The highest BCUT2D eigenvalue weighted by molar-refractivity contribution is 6.06. The molecule has 6 aliphatic rings. The minimum Gasteiger partial charge on any atom is -0.490 e. The second kappa shape index (κ2) is 18.9. The van der Waals surface area contributed by atoms with Gasteiger partial charge in [-0.15, -0.1) is 0 Å². The van der Waals surface area contributed by atoms with Crippen LogP contribution in [0.1, 0.15) is 89.6 Å². The molecule has 10 rings (SSSR count). The maximum atomic E-state index is 14.3. The third-order valence-corrected chi connectivity index (χ3v) is 13.2. The Morgan fingerprint density at radius 3 is 1.46 bits per heavy atom. The largest absolute Gasteiger partial charge is 0.490 e. The summed E-state index contributed by atoms with van der Waals surface area (Å²) >= 11 is 0. The number of rotatable bonds is 3. The molecule has 4 aromatic rings. The van der Waals surface area contributed by atoms with Crippen LogP contribution in [0.3, 0.4) is 0 Å². The number of hydrogen-bond donors (Lipinski definition) is 1. The molecule has 0 aliphatic carbocycles. The summed E-state index contributed by atoms with van der Waals surface area (Å²) in [7, 11) is 2.17. The zero-order valence-corrected chi connectivity index (χ0v) is 37.1. The maximum absolute atomic E-state index is 14.3. The Kier molecular flexibility index (Phi) is 12.3. The van der Waals surface area contributed by atoms with Crippen LogP contribution in [-0.4, -0.2) is 111 Å². The standard InChI is InChI=1S/C52H57N7O6/c1-56-17-19-57(20-18-56)40-15-11-36(12-16-40)38-26-42-32-55-46-30-50-48(28-44(46)52(61)59(42)34-38)63-22-7-5-3-2-4-6-21-62-47-27-43-45(29-49(47)64-23-8-24-65-50)54-31-41-25-37(33-58(41)51(43)60)35-9-13-39(53)14-10-35/h9-16,27-34,41-42H,2-8,17-26,53H2,1H3/t41-,42-/m0/s1. The smallest absolute Gasteiger partial charge is 0.260 e. The predicted octanol–water partition coefficient (Wildman–Crippen LogP) is 8.92. The van der Waals surface area contributed by atoms with Crippen molar-refractivity contribution in [3.8, 4) is 23.0 Å². The van der Waals surface area contributed by atoms with E-state index >= 15 is 0 Å². The monoisotopic (exact) mass is 875 g/mol. The number of nitrogens with zero attached hydrogens (tertiary/aromatic N) is 6. The molecule has 0 saturated carbocycles. The molecule has 65 heavy (non-hydrogen) atoms. The summed E-state index contributed by atoms with van der Waals surface area (Å²) in [6.07, 6.45) is 15.5. The van der Waals surface area contributed by atoms with E-state index in [2.05, 4.69) is 41.1 Å². The summed E-state index contributed by atoms with van der Waals surface area (Å²) in [5.74, 6) is 1.91. The van der Waals surface area contributed by atoms with Crippen LogP contribution in [0, 0.1) is 0 Å². The number of amides is 2. The van der Waals surface area contributed by atoms with Crippen molar-refractivity contribution >= 4 is 58.1 Å². The van der Waals surface area contributed by atoms with Crippen LogP contribution >= 0.6 is 0 Å². The number of likely N-dealkylation sites (N-methyl/N-ethyl adjacent to an activating group) is 1. The van der Waals surface area contributed by atoms with Crippen molar-refractivity contribution < 1.29 is 28.5 Å². The molecule has 336 valence electrons. The number of anilines is 2. The third kappa shape index (κ3) is 9.20. The number of nitrogens with two attached hydrogens (primary N) is 1. The van der Waals surface area contributed by atoms with Crippen LogP contribution in [0.5, 0.6) is 23.0 Å². The van der Waals surface area contributed by atoms with Crippen LogP contribution in [0.25, 0.3) is 11.1 Å². The SMILES string of the molecule is CN1CCN(c2ccc(C3=CN4C(=O)c5cc6c(cc5N=C[C@@H]4C3)OCCCOc3cc4c(cc3OCCCCCCCCO6)C(=O)N3C=C(c5ccc(N)cc5)C[C@H]3C=N4)cc2)CC1. The normalized spacial score (nSPS) is 21.7. The highest BCUT2D eigenvalue weighted by Gasteiger charge is 2.35. The zero-order chi connectivity index (χ0) is 44.3. The number of piperazine rings is 1. The second-order valence-corrected chi connectivity index (χ2v) is 17.8. The van der Waals surface area contributed by atoms with Gasteiger partial charge in [0.1, 0.15) is 0 Å². The highest BCUT2D eigenvalue weighted by atomic mass is 16.5. The van der Waals surface area contributed by atoms with Crippen molar-refractivity contribution in [3.63, 3.8) is 0 Å². The first kappa shape index (κ1) is 42.4. The minimum absolute atomic E-state index is 0.105. The van der Waals surface area contributed by atoms with Crippen molar-refractivity contribution in [2.75, 3.05) is 70.3 Å². The summed E-state index contributed by atoms with van der Waals surface area (Å²) in [4.78, 5) is 46.4. The lowest BCUT2D eigenvalue weighted by Gasteiger charge is -2.34. The molecule has 6 heterocycles. The van der Waals surface area contributed by atoms with E-state index in [1.165, 1.54) is 5.69 Å². The van der Waals surface area contributed by atoms with Crippen LogP contribution in [0.15, 0.2) is 95.2 Å². The fraction of sp³-hybridized carbons (Fsp3) is 0.385. The number of carbonyl (C=O) groups is 2. The Bertz CT molecular complexity index is 2540. The molecule has 2 atom stereocenters. The van der Waals surface area contributed by atoms with E-state index in [9.17, 15) is 9.59 Å². The summed E-state index contributed by atoms with van der Waals surface area (Å²) < 4.78 is 25.5. The van der Waals surface area contributed by atoms with Gasteiger partial charge in [0.15, 0.2) is 23.0 Å². The highest BCUT2D eigenvalue weighted by Crippen LogP contribution is 2.42. The lowest BCUT2D eigenvalue weighted by molar-refractivity contribution is 0.0809. The van der Waals surface area contributed by atoms with E-state index in [0.717, 1.165) is 87.0 Å². The van der Waals surface area contributed by atoms with Gasteiger partial charge >= 0.3 is 0 Å². The Hall–Kier alpha value is -6.60. The number of carbonyl (C=O) groups excluding carboxylic acids is 2. The molecule has 1 fully saturated rings. The van der Waals surface area contributed by atoms with E-state index < -0.39 is 0 Å². The second-order valence-electron chi connectivity index (χ2n) is 17.8. The fourth-order valence-electron chi connectivity index (χ4n) is 9.40. The molecule has 6 aliphatic heterocycles. The van der Waals surface area contributed by atoms with E-state index in [1.807, 2.05) is 72.2 Å². The quantitative estimate of drug-likeness (QED) is 0.200. The maximum Gasteiger partial charge on any atom is 0.260 e. The molecule has 13 heteroatoms. The topological polar surface area (TPSA) is 135 Å². The number of benzene rings is 4. The van der Waals surface area contributed by atoms with Gasteiger partial charge in [0.2, 0.25) is 0 Å². The summed E-state index contributed by atoms with van der Waals surface area (Å²) in [6.45, 7) is 5.84. The molecular weight excluding hydrogens is 819 g/mol. The van der Waals surface area contributed by atoms with Crippen molar-refractivity contribution in [3.05, 3.63) is 107 Å². The molecule has 2 amide bonds. The van der Waals surface area contributed by atoms with Gasteiger partial charge in [-0.1, -0.05) is 49.9 Å². The van der Waals surface area contributed by atoms with Crippen LogP contribution < -0.4 is 29.6 Å². The molecule has 0 unspecified atom stereocenters. The Balaban J connectivity index is 0.835. The predicted molar refractivity (Wildman–Crippen MR) is 256 cm³/mol. The average Bonchev–Trinajstić information content (AvgIpc) is 3.90. The number of fused-ring (bicyclic) bond motifs is 6. The summed E-state index contributed by atoms with van der Waals surface area (Å²) in [5, 5.41) is 0. The lowest BCUT2D eigenvalue weighted by Crippen LogP contribution is -2.44. The third-order valence-electron chi connectivity index (χ3n) is 13.2. The van der Waals surface area contributed by atoms with Crippen molar-refractivity contribution in [1.29, 1.82) is 0 Å². The van der Waals surface area contributed by atoms with Crippen molar-refractivity contribution in [1.82, 2.24) is 14.7 Å². The van der Waals surface area contributed by atoms with E-state index in [-0.39, 0.29) is 23.9 Å². The molecule has 13 nitrogen and oxygen atoms in total. The van der Waals surface area contributed by atoms with Crippen molar-refractivity contribution in [2.24, 2.45) is 9.98 Å². The van der Waals surface area contributed by atoms with E-state index in [0.29, 0.717) is 96.9 Å². The first-order valence-electron chi connectivity index (χ1n) is 23.3. The minimum atomic E-state index is -0.200. The molecule has 0 radical (unpaired) electrons. The van der Waals surface area contributed by atoms with Gasteiger partial charge in [-0.05, 0) is 78.6 Å². The number of aliphatic imine (C=N–C) groups is 2. The van der Waals surface area contributed by atoms with E-state index in [4.69, 9.17) is 34.7 Å².